The van der Waals surface area contributed by atoms with Gasteiger partial charge in [0.2, 0.25) is 0 Å². The molecule has 2 aliphatic heterocycles. The van der Waals surface area contributed by atoms with E-state index in [4.69, 9.17) is 4.74 Å². The number of aliphatic hydroxyl groups is 1. The highest BCUT2D eigenvalue weighted by molar-refractivity contribution is 5.88. The van der Waals surface area contributed by atoms with E-state index in [0.717, 1.165) is 47.6 Å². The van der Waals surface area contributed by atoms with Gasteiger partial charge in [0.15, 0.2) is 0 Å². The Bertz CT molecular complexity index is 1060. The average molecular weight is 406 g/mol. The highest BCUT2D eigenvalue weighted by atomic mass is 16.5. The van der Waals surface area contributed by atoms with Crippen LogP contribution in [0.5, 0.6) is 5.75 Å². The summed E-state index contributed by atoms with van der Waals surface area (Å²) in [4.78, 5) is 14.9. The predicted octanol–water partition coefficient (Wildman–Crippen LogP) is 3.21. The van der Waals surface area contributed by atoms with Crippen LogP contribution in [0, 0.1) is 0 Å². The summed E-state index contributed by atoms with van der Waals surface area (Å²) in [5.74, 6) is 2.41. The number of H-pyrrole nitrogens is 1. The second kappa shape index (κ2) is 7.25. The van der Waals surface area contributed by atoms with E-state index in [1.807, 2.05) is 12.1 Å². The van der Waals surface area contributed by atoms with Crippen LogP contribution in [-0.2, 0) is 0 Å². The third-order valence-electron chi connectivity index (χ3n) is 6.70. The van der Waals surface area contributed by atoms with Gasteiger partial charge in [-0.2, -0.15) is 0 Å². The average Bonchev–Trinajstić information content (AvgIpc) is 3.53. The SMILES string of the molecule is O[C@H]1CCCN([C@H]2COc3ccccc3[C@@H]2Nc2ncnc3[nH]c(C4CC4)cc23)C1. The summed E-state index contributed by atoms with van der Waals surface area (Å²) in [6.45, 7) is 2.25. The highest BCUT2D eigenvalue weighted by Gasteiger charge is 2.37. The number of piperidine rings is 1. The molecule has 1 aromatic carbocycles. The van der Waals surface area contributed by atoms with Crippen molar-refractivity contribution in [2.75, 3.05) is 25.0 Å². The van der Waals surface area contributed by atoms with Crippen molar-refractivity contribution in [3.8, 4) is 5.75 Å². The van der Waals surface area contributed by atoms with Crippen molar-refractivity contribution in [1.82, 2.24) is 19.9 Å². The summed E-state index contributed by atoms with van der Waals surface area (Å²) in [5.41, 5.74) is 3.29. The molecule has 0 spiro atoms. The zero-order chi connectivity index (χ0) is 20.1. The maximum atomic E-state index is 10.3. The smallest absolute Gasteiger partial charge is 0.143 e. The fraction of sp³-hybridized carbons (Fsp3) is 0.478. The molecule has 30 heavy (non-hydrogen) atoms. The van der Waals surface area contributed by atoms with Gasteiger partial charge in [0, 0.05) is 17.8 Å². The molecule has 156 valence electrons. The Morgan fingerprint density at radius 2 is 2.07 bits per heavy atom. The van der Waals surface area contributed by atoms with Crippen LogP contribution < -0.4 is 10.1 Å². The molecule has 0 amide bonds. The van der Waals surface area contributed by atoms with Crippen molar-refractivity contribution in [3.05, 3.63) is 47.9 Å². The minimum Gasteiger partial charge on any atom is -0.491 e. The van der Waals surface area contributed by atoms with E-state index in [1.165, 1.54) is 18.5 Å². The molecule has 2 aromatic heterocycles. The van der Waals surface area contributed by atoms with Crippen molar-refractivity contribution in [2.45, 2.75) is 49.8 Å². The number of aromatic nitrogens is 3. The lowest BCUT2D eigenvalue weighted by molar-refractivity contribution is 0.0203. The van der Waals surface area contributed by atoms with E-state index in [-0.39, 0.29) is 18.2 Å². The number of aliphatic hydroxyl groups excluding tert-OH is 1. The topological polar surface area (TPSA) is 86.3 Å². The van der Waals surface area contributed by atoms with Gasteiger partial charge in [-0.05, 0) is 50.3 Å². The van der Waals surface area contributed by atoms with Crippen molar-refractivity contribution in [2.24, 2.45) is 0 Å². The summed E-state index contributed by atoms with van der Waals surface area (Å²) < 4.78 is 6.12. The number of benzene rings is 1. The Kier molecular flexibility index (Phi) is 4.39. The van der Waals surface area contributed by atoms with Crippen molar-refractivity contribution < 1.29 is 9.84 Å². The fourth-order valence-electron chi connectivity index (χ4n) is 4.96. The molecular formula is C23H27N5O2. The predicted molar refractivity (Wildman–Crippen MR) is 115 cm³/mol. The van der Waals surface area contributed by atoms with Crippen LogP contribution in [0.25, 0.3) is 11.0 Å². The van der Waals surface area contributed by atoms with Gasteiger partial charge in [-0.25, -0.2) is 9.97 Å². The number of aromatic amines is 1. The van der Waals surface area contributed by atoms with Crippen LogP contribution in [0.2, 0.25) is 0 Å². The number of β-amino-alcohol motifs (C(OH)–C–C–N with tert-alkyl or cyclic N) is 1. The van der Waals surface area contributed by atoms with Crippen molar-refractivity contribution >= 4 is 16.9 Å². The van der Waals surface area contributed by atoms with E-state index in [9.17, 15) is 5.11 Å². The van der Waals surface area contributed by atoms with Gasteiger partial charge in [0.05, 0.1) is 23.6 Å². The quantitative estimate of drug-likeness (QED) is 0.618. The monoisotopic (exact) mass is 405 g/mol. The molecule has 1 saturated heterocycles. The molecule has 7 heteroatoms. The summed E-state index contributed by atoms with van der Waals surface area (Å²) >= 11 is 0. The van der Waals surface area contributed by atoms with Gasteiger partial charge in [-0.3, -0.25) is 4.90 Å². The zero-order valence-corrected chi connectivity index (χ0v) is 16.9. The minimum absolute atomic E-state index is 0.0256. The summed E-state index contributed by atoms with van der Waals surface area (Å²) in [7, 11) is 0. The van der Waals surface area contributed by atoms with Crippen LogP contribution >= 0.6 is 0 Å². The molecule has 0 bridgehead atoms. The van der Waals surface area contributed by atoms with Crippen molar-refractivity contribution in [3.63, 3.8) is 0 Å². The maximum Gasteiger partial charge on any atom is 0.143 e. The van der Waals surface area contributed by atoms with Gasteiger partial charge in [0.25, 0.3) is 0 Å². The Morgan fingerprint density at radius 1 is 1.17 bits per heavy atom. The standard InChI is InChI=1S/C23H27N5O2/c29-15-4-3-9-28(11-15)19-12-30-20-6-2-1-5-16(20)21(19)27-23-17-10-18(14-7-8-14)26-22(17)24-13-25-23/h1-2,5-6,10,13-15,19,21,29H,3-4,7-9,11-12H2,(H2,24,25,26,27)/t15-,19-,21-/m0/s1. The first kappa shape index (κ1) is 18.2. The molecule has 1 saturated carbocycles. The van der Waals surface area contributed by atoms with Crippen LogP contribution in [0.15, 0.2) is 36.7 Å². The largest absolute Gasteiger partial charge is 0.491 e. The normalized spacial score (nSPS) is 26.9. The van der Waals surface area contributed by atoms with Crippen LogP contribution in [0.3, 0.4) is 0 Å². The van der Waals surface area contributed by atoms with Crippen LogP contribution in [0.4, 0.5) is 5.82 Å². The van der Waals surface area contributed by atoms with E-state index in [0.29, 0.717) is 19.1 Å². The van der Waals surface area contributed by atoms with Gasteiger partial charge in [-0.15, -0.1) is 0 Å². The molecular weight excluding hydrogens is 378 g/mol. The van der Waals surface area contributed by atoms with Gasteiger partial charge >= 0.3 is 0 Å². The number of hydrogen-bond acceptors (Lipinski definition) is 6. The maximum absolute atomic E-state index is 10.3. The zero-order valence-electron chi connectivity index (χ0n) is 16.9. The summed E-state index contributed by atoms with van der Waals surface area (Å²) in [5, 5.41) is 15.0. The highest BCUT2D eigenvalue weighted by Crippen LogP contribution is 2.42. The minimum atomic E-state index is -0.270. The molecule has 0 radical (unpaired) electrons. The molecule has 1 aliphatic carbocycles. The first-order valence-electron chi connectivity index (χ1n) is 11.0. The number of ether oxygens (including phenoxy) is 1. The van der Waals surface area contributed by atoms with Gasteiger partial charge in [0.1, 0.15) is 30.1 Å². The number of hydrogen-bond donors (Lipinski definition) is 3. The van der Waals surface area contributed by atoms with Crippen molar-refractivity contribution in [1.29, 1.82) is 0 Å². The molecule has 7 nitrogen and oxygen atoms in total. The number of nitrogens with one attached hydrogen (secondary N) is 2. The third-order valence-corrected chi connectivity index (χ3v) is 6.70. The molecule has 6 rings (SSSR count). The molecule has 3 aromatic rings. The Hall–Kier alpha value is -2.64. The molecule has 3 atom stereocenters. The van der Waals surface area contributed by atoms with Crippen LogP contribution in [0.1, 0.15) is 48.9 Å². The Balaban J connectivity index is 1.38. The van der Waals surface area contributed by atoms with Crippen LogP contribution in [-0.4, -0.2) is 56.8 Å². The summed E-state index contributed by atoms with van der Waals surface area (Å²) in [6.07, 6.45) is 5.73. The summed E-state index contributed by atoms with van der Waals surface area (Å²) in [6, 6.07) is 10.6. The van der Waals surface area contributed by atoms with Gasteiger partial charge in [-0.1, -0.05) is 18.2 Å². The molecule has 3 aliphatic rings. The third kappa shape index (κ3) is 3.22. The van der Waals surface area contributed by atoms with E-state index in [1.54, 1.807) is 6.33 Å². The van der Waals surface area contributed by atoms with E-state index in [2.05, 4.69) is 43.4 Å². The lowest BCUT2D eigenvalue weighted by Gasteiger charge is -2.43. The molecule has 0 unspecified atom stereocenters. The number of para-hydroxylation sites is 1. The number of likely N-dealkylation sites (tertiary alicyclic amines) is 1. The molecule has 3 N–H and O–H groups in total. The first-order valence-corrected chi connectivity index (χ1v) is 11.0. The van der Waals surface area contributed by atoms with Gasteiger partial charge < -0.3 is 20.1 Å². The Labute approximate surface area is 175 Å². The lowest BCUT2D eigenvalue weighted by atomic mass is 9.93. The fourth-order valence-corrected chi connectivity index (χ4v) is 4.96. The van der Waals surface area contributed by atoms with E-state index >= 15 is 0 Å². The second-order valence-electron chi connectivity index (χ2n) is 8.81. The van der Waals surface area contributed by atoms with E-state index < -0.39 is 0 Å². The lowest BCUT2D eigenvalue weighted by Crippen LogP contribution is -2.52. The Morgan fingerprint density at radius 3 is 2.93 bits per heavy atom. The molecule has 4 heterocycles. The number of anilines is 1. The first-order chi connectivity index (χ1) is 14.8. The number of nitrogens with zero attached hydrogens (tertiary/aromatic N) is 3. The molecule has 2 fully saturated rings. The number of fused-ring (bicyclic) bond motifs is 2. The second-order valence-corrected chi connectivity index (χ2v) is 8.81. The number of rotatable bonds is 4.